The average Bonchev–Trinajstić information content (AvgIpc) is 3.11. The van der Waals surface area contributed by atoms with E-state index in [1.165, 1.54) is 17.2 Å². The van der Waals surface area contributed by atoms with Crippen LogP contribution in [0, 0.1) is 19.7 Å². The molecule has 0 radical (unpaired) electrons. The molecule has 0 bridgehead atoms. The number of anilines is 1. The number of nitrogens with zero attached hydrogens (tertiary/aromatic N) is 5. The lowest BCUT2D eigenvalue weighted by molar-refractivity contribution is 0.0815. The summed E-state index contributed by atoms with van der Waals surface area (Å²) in [5.74, 6) is 0.507. The standard InChI is InChI=1S/C20H27FN6O/c1-12-13(2)24-18(20(28)26(4)5)25-19(12)27-9-8-16(11-27)23-14(3)17-7-6-15(21)10-22-17/h6-7,10,14,16,23H,8-9,11H2,1-5H3/t14?,16-/m1/s1. The van der Waals surface area contributed by atoms with Gasteiger partial charge in [0, 0.05) is 50.5 Å². The van der Waals surface area contributed by atoms with Crippen molar-refractivity contribution in [3.63, 3.8) is 0 Å². The van der Waals surface area contributed by atoms with Crippen LogP contribution in [0.5, 0.6) is 0 Å². The van der Waals surface area contributed by atoms with E-state index in [2.05, 4.69) is 25.2 Å². The van der Waals surface area contributed by atoms with E-state index < -0.39 is 0 Å². The number of pyridine rings is 1. The molecule has 2 atom stereocenters. The van der Waals surface area contributed by atoms with Gasteiger partial charge in [-0.1, -0.05) is 0 Å². The smallest absolute Gasteiger partial charge is 0.291 e. The second-order valence-corrected chi connectivity index (χ2v) is 7.50. The molecule has 1 aliphatic heterocycles. The Labute approximate surface area is 165 Å². The van der Waals surface area contributed by atoms with Crippen molar-refractivity contribution < 1.29 is 9.18 Å². The van der Waals surface area contributed by atoms with Gasteiger partial charge in [-0.3, -0.25) is 9.78 Å². The van der Waals surface area contributed by atoms with Crippen molar-refractivity contribution in [1.29, 1.82) is 0 Å². The van der Waals surface area contributed by atoms with Gasteiger partial charge in [0.15, 0.2) is 0 Å². The van der Waals surface area contributed by atoms with Crippen molar-refractivity contribution in [2.24, 2.45) is 0 Å². The molecule has 3 rings (SSSR count). The zero-order valence-electron chi connectivity index (χ0n) is 17.0. The highest BCUT2D eigenvalue weighted by Gasteiger charge is 2.28. The molecule has 7 nitrogen and oxygen atoms in total. The summed E-state index contributed by atoms with van der Waals surface area (Å²) in [6.45, 7) is 7.53. The quantitative estimate of drug-likeness (QED) is 0.850. The van der Waals surface area contributed by atoms with Gasteiger partial charge in [0.1, 0.15) is 11.6 Å². The Balaban J connectivity index is 1.72. The number of carbonyl (C=O) groups excluding carboxylic acids is 1. The van der Waals surface area contributed by atoms with Crippen molar-refractivity contribution in [2.75, 3.05) is 32.1 Å². The van der Waals surface area contributed by atoms with Crippen LogP contribution in [0.15, 0.2) is 18.3 Å². The number of aromatic nitrogens is 3. The van der Waals surface area contributed by atoms with Crippen LogP contribution in [0.4, 0.5) is 10.2 Å². The zero-order valence-corrected chi connectivity index (χ0v) is 17.0. The molecule has 2 aromatic rings. The molecule has 0 spiro atoms. The van der Waals surface area contributed by atoms with E-state index in [1.807, 2.05) is 20.8 Å². The summed E-state index contributed by atoms with van der Waals surface area (Å²) in [7, 11) is 3.39. The molecule has 1 aliphatic rings. The van der Waals surface area contributed by atoms with Gasteiger partial charge >= 0.3 is 0 Å². The Kier molecular flexibility index (Phi) is 5.88. The molecule has 8 heteroatoms. The van der Waals surface area contributed by atoms with E-state index in [9.17, 15) is 9.18 Å². The van der Waals surface area contributed by atoms with Gasteiger partial charge in [-0.2, -0.15) is 0 Å². The Morgan fingerprint density at radius 3 is 2.71 bits per heavy atom. The third-order valence-electron chi connectivity index (χ3n) is 5.13. The number of hydrogen-bond donors (Lipinski definition) is 1. The second-order valence-electron chi connectivity index (χ2n) is 7.50. The first-order valence-corrected chi connectivity index (χ1v) is 9.45. The third-order valence-corrected chi connectivity index (χ3v) is 5.13. The fraction of sp³-hybridized carbons (Fsp3) is 0.500. The number of amides is 1. The van der Waals surface area contributed by atoms with Crippen LogP contribution in [0.1, 0.15) is 47.0 Å². The summed E-state index contributed by atoms with van der Waals surface area (Å²) in [6.07, 6.45) is 2.19. The number of aryl methyl sites for hydroxylation is 1. The van der Waals surface area contributed by atoms with E-state index in [-0.39, 0.29) is 29.6 Å². The molecule has 2 aromatic heterocycles. The number of hydrogen-bond acceptors (Lipinski definition) is 6. The highest BCUT2D eigenvalue weighted by atomic mass is 19.1. The van der Waals surface area contributed by atoms with Crippen LogP contribution in [0.3, 0.4) is 0 Å². The van der Waals surface area contributed by atoms with Crippen molar-refractivity contribution >= 4 is 11.7 Å². The van der Waals surface area contributed by atoms with Crippen molar-refractivity contribution in [1.82, 2.24) is 25.2 Å². The molecule has 1 fully saturated rings. The van der Waals surface area contributed by atoms with Crippen LogP contribution >= 0.6 is 0 Å². The minimum atomic E-state index is -0.333. The lowest BCUT2D eigenvalue weighted by Gasteiger charge is -2.23. The maximum Gasteiger partial charge on any atom is 0.291 e. The minimum Gasteiger partial charge on any atom is -0.355 e. The Bertz CT molecular complexity index is 855. The van der Waals surface area contributed by atoms with E-state index in [4.69, 9.17) is 0 Å². The number of nitrogens with one attached hydrogen (secondary N) is 1. The largest absolute Gasteiger partial charge is 0.355 e. The Hall–Kier alpha value is -2.61. The molecule has 1 N–H and O–H groups in total. The maximum atomic E-state index is 13.1. The molecule has 1 amide bonds. The lowest BCUT2D eigenvalue weighted by atomic mass is 10.1. The highest BCUT2D eigenvalue weighted by molar-refractivity contribution is 5.90. The van der Waals surface area contributed by atoms with Crippen molar-refractivity contribution in [3.05, 3.63) is 46.9 Å². The fourth-order valence-corrected chi connectivity index (χ4v) is 3.39. The number of rotatable bonds is 5. The van der Waals surface area contributed by atoms with Crippen molar-refractivity contribution in [2.45, 2.75) is 39.3 Å². The van der Waals surface area contributed by atoms with Crippen LogP contribution in [0.25, 0.3) is 0 Å². The maximum absolute atomic E-state index is 13.1. The molecule has 0 aromatic carbocycles. The molecular formula is C20H27FN6O. The van der Waals surface area contributed by atoms with Gasteiger partial charge in [-0.15, -0.1) is 0 Å². The molecule has 3 heterocycles. The summed E-state index contributed by atoms with van der Waals surface area (Å²) in [5, 5.41) is 3.56. The first kappa shape index (κ1) is 20.1. The molecule has 0 aliphatic carbocycles. The summed E-state index contributed by atoms with van der Waals surface area (Å²) in [6, 6.07) is 3.41. The predicted octanol–water partition coefficient (Wildman–Crippen LogP) is 2.26. The van der Waals surface area contributed by atoms with E-state index in [0.717, 1.165) is 42.3 Å². The third kappa shape index (κ3) is 4.27. The van der Waals surface area contributed by atoms with Crippen molar-refractivity contribution in [3.8, 4) is 0 Å². The molecule has 1 saturated heterocycles. The van der Waals surface area contributed by atoms with Crippen LogP contribution < -0.4 is 10.2 Å². The summed E-state index contributed by atoms with van der Waals surface area (Å²) in [5.41, 5.74) is 2.62. The fourth-order valence-electron chi connectivity index (χ4n) is 3.39. The number of halogens is 1. The molecular weight excluding hydrogens is 359 g/mol. The van der Waals surface area contributed by atoms with Gasteiger partial charge in [0.2, 0.25) is 5.82 Å². The minimum absolute atomic E-state index is 0.0182. The average molecular weight is 386 g/mol. The number of carbonyl (C=O) groups is 1. The molecule has 28 heavy (non-hydrogen) atoms. The van der Waals surface area contributed by atoms with Crippen LogP contribution in [-0.4, -0.2) is 59.0 Å². The van der Waals surface area contributed by atoms with E-state index in [0.29, 0.717) is 0 Å². The monoisotopic (exact) mass is 386 g/mol. The second kappa shape index (κ2) is 8.18. The van der Waals surface area contributed by atoms with Gasteiger partial charge < -0.3 is 15.1 Å². The summed E-state index contributed by atoms with van der Waals surface area (Å²) < 4.78 is 13.1. The molecule has 1 unspecified atom stereocenters. The Morgan fingerprint density at radius 1 is 1.32 bits per heavy atom. The van der Waals surface area contributed by atoms with Gasteiger partial charge in [0.25, 0.3) is 5.91 Å². The predicted molar refractivity (Wildman–Crippen MR) is 106 cm³/mol. The van der Waals surface area contributed by atoms with Gasteiger partial charge in [-0.25, -0.2) is 14.4 Å². The summed E-state index contributed by atoms with van der Waals surface area (Å²) in [4.78, 5) is 29.1. The lowest BCUT2D eigenvalue weighted by Crippen LogP contribution is -2.35. The first-order valence-electron chi connectivity index (χ1n) is 9.45. The molecule has 150 valence electrons. The van der Waals surface area contributed by atoms with Crippen LogP contribution in [-0.2, 0) is 0 Å². The topological polar surface area (TPSA) is 74.2 Å². The van der Waals surface area contributed by atoms with E-state index in [1.54, 1.807) is 20.2 Å². The summed E-state index contributed by atoms with van der Waals surface area (Å²) >= 11 is 0. The molecule has 0 saturated carbocycles. The van der Waals surface area contributed by atoms with E-state index >= 15 is 0 Å². The van der Waals surface area contributed by atoms with Gasteiger partial charge in [-0.05, 0) is 39.3 Å². The van der Waals surface area contributed by atoms with Crippen LogP contribution in [0.2, 0.25) is 0 Å². The Morgan fingerprint density at radius 2 is 2.07 bits per heavy atom. The zero-order chi connectivity index (χ0) is 20.4. The SMILES string of the molecule is Cc1nc(C(=O)N(C)C)nc(N2CC[C@@H](NC(C)c3ccc(F)cn3)C2)c1C. The van der Waals surface area contributed by atoms with Gasteiger partial charge in [0.05, 0.1) is 11.9 Å². The highest BCUT2D eigenvalue weighted by Crippen LogP contribution is 2.25. The first-order chi connectivity index (χ1) is 13.3. The normalized spacial score (nSPS) is 17.6.